The van der Waals surface area contributed by atoms with E-state index < -0.39 is 5.97 Å². The maximum absolute atomic E-state index is 12.5. The summed E-state index contributed by atoms with van der Waals surface area (Å²) in [4.78, 5) is 24.8. The van der Waals surface area contributed by atoms with Gasteiger partial charge >= 0.3 is 5.97 Å². The largest absolute Gasteiger partial charge is 0.465 e. The van der Waals surface area contributed by atoms with Crippen LogP contribution in [0, 0.1) is 13.8 Å². The average Bonchev–Trinajstić information content (AvgIpc) is 3.11. The van der Waals surface area contributed by atoms with Crippen LogP contribution in [-0.2, 0) is 9.53 Å². The molecule has 1 amide bonds. The van der Waals surface area contributed by atoms with E-state index in [9.17, 15) is 9.59 Å². The Morgan fingerprint density at radius 1 is 1.04 bits per heavy atom. The second-order valence-corrected chi connectivity index (χ2v) is 7.28. The van der Waals surface area contributed by atoms with Crippen molar-refractivity contribution in [3.8, 4) is 11.1 Å². The number of anilines is 1. The van der Waals surface area contributed by atoms with E-state index >= 15 is 0 Å². The van der Waals surface area contributed by atoms with Gasteiger partial charge in [-0.15, -0.1) is 11.3 Å². The Hall–Kier alpha value is -3.18. The lowest BCUT2D eigenvalue weighted by molar-refractivity contribution is -0.111. The number of carbonyl (C=O) groups excluding carboxylic acids is 2. The molecule has 28 heavy (non-hydrogen) atoms. The molecular weight excluding hydrogens is 370 g/mol. The molecule has 4 nitrogen and oxygen atoms in total. The molecule has 0 saturated heterocycles. The molecule has 2 aromatic carbocycles. The number of aryl methyl sites for hydroxylation is 2. The summed E-state index contributed by atoms with van der Waals surface area (Å²) in [6, 6.07) is 15.6. The number of hydrogen-bond donors (Lipinski definition) is 1. The van der Waals surface area contributed by atoms with Gasteiger partial charge in [0.1, 0.15) is 10.6 Å². The predicted molar refractivity (Wildman–Crippen MR) is 115 cm³/mol. The van der Waals surface area contributed by atoms with Gasteiger partial charge in [-0.1, -0.05) is 54.1 Å². The van der Waals surface area contributed by atoms with Crippen LogP contribution in [-0.4, -0.2) is 19.0 Å². The molecule has 0 aliphatic rings. The Kier molecular flexibility index (Phi) is 6.06. The van der Waals surface area contributed by atoms with Crippen molar-refractivity contribution in [1.29, 1.82) is 0 Å². The molecule has 1 aromatic heterocycles. The number of hydrogen-bond acceptors (Lipinski definition) is 4. The molecule has 0 unspecified atom stereocenters. The number of ether oxygens (including phenoxy) is 1. The van der Waals surface area contributed by atoms with Gasteiger partial charge in [0.05, 0.1) is 7.11 Å². The monoisotopic (exact) mass is 391 g/mol. The third-order valence-electron chi connectivity index (χ3n) is 4.33. The highest BCUT2D eigenvalue weighted by Gasteiger charge is 2.22. The Morgan fingerprint density at radius 3 is 2.50 bits per heavy atom. The summed E-state index contributed by atoms with van der Waals surface area (Å²) in [7, 11) is 1.34. The molecule has 0 atom stereocenters. The number of esters is 1. The first kappa shape index (κ1) is 19.6. The Bertz CT molecular complexity index is 1040. The third-order valence-corrected chi connectivity index (χ3v) is 5.22. The van der Waals surface area contributed by atoms with Gasteiger partial charge in [0.25, 0.3) is 0 Å². The van der Waals surface area contributed by atoms with E-state index in [2.05, 4.69) is 5.32 Å². The fourth-order valence-electron chi connectivity index (χ4n) is 2.87. The first-order chi connectivity index (χ1) is 13.5. The summed E-state index contributed by atoms with van der Waals surface area (Å²) >= 11 is 1.31. The number of thiophene rings is 1. The van der Waals surface area contributed by atoms with E-state index in [4.69, 9.17) is 4.74 Å². The zero-order valence-electron chi connectivity index (χ0n) is 16.0. The molecule has 142 valence electrons. The van der Waals surface area contributed by atoms with Crippen LogP contribution in [0.4, 0.5) is 5.00 Å². The number of amides is 1. The quantitative estimate of drug-likeness (QED) is 0.463. The van der Waals surface area contributed by atoms with Crippen LogP contribution >= 0.6 is 11.3 Å². The van der Waals surface area contributed by atoms with Crippen molar-refractivity contribution in [2.45, 2.75) is 13.8 Å². The van der Waals surface area contributed by atoms with Gasteiger partial charge < -0.3 is 10.1 Å². The fourth-order valence-corrected chi connectivity index (χ4v) is 3.82. The van der Waals surface area contributed by atoms with Gasteiger partial charge in [-0.2, -0.15) is 0 Å². The third kappa shape index (κ3) is 4.38. The zero-order valence-corrected chi connectivity index (χ0v) is 16.8. The van der Waals surface area contributed by atoms with Crippen LogP contribution in [0.2, 0.25) is 0 Å². The average molecular weight is 391 g/mol. The molecule has 0 aliphatic carbocycles. The van der Waals surface area contributed by atoms with Crippen molar-refractivity contribution in [2.24, 2.45) is 0 Å². The van der Waals surface area contributed by atoms with E-state index in [1.54, 1.807) is 6.08 Å². The maximum atomic E-state index is 12.5. The Balaban J connectivity index is 1.92. The van der Waals surface area contributed by atoms with E-state index in [1.165, 1.54) is 24.5 Å². The van der Waals surface area contributed by atoms with Crippen molar-refractivity contribution >= 4 is 34.3 Å². The van der Waals surface area contributed by atoms with Crippen LogP contribution in [0.3, 0.4) is 0 Å². The molecule has 0 fully saturated rings. The van der Waals surface area contributed by atoms with Crippen LogP contribution in [0.1, 0.15) is 27.0 Å². The van der Waals surface area contributed by atoms with E-state index in [0.29, 0.717) is 10.6 Å². The highest BCUT2D eigenvalue weighted by Crippen LogP contribution is 2.38. The molecular formula is C23H21NO3S. The number of carbonyl (C=O) groups is 2. The Morgan fingerprint density at radius 2 is 1.79 bits per heavy atom. The standard InChI is InChI=1S/C23H21NO3S/c1-15-9-10-16(2)18(13-15)19-14-28-22(21(19)23(26)27-3)24-20(25)12-11-17-7-5-4-6-8-17/h4-14H,1-3H3,(H,24,25)/b12-11+. The number of benzene rings is 2. The Labute approximate surface area is 168 Å². The zero-order chi connectivity index (χ0) is 20.1. The van der Waals surface area contributed by atoms with Gasteiger partial charge in [-0.05, 0) is 36.6 Å². The first-order valence-electron chi connectivity index (χ1n) is 8.81. The van der Waals surface area contributed by atoms with E-state index in [1.807, 2.05) is 67.8 Å². The summed E-state index contributed by atoms with van der Waals surface area (Å²) in [5, 5.41) is 5.17. The van der Waals surface area contributed by atoms with Crippen LogP contribution in [0.5, 0.6) is 0 Å². The van der Waals surface area contributed by atoms with Gasteiger partial charge in [-0.3, -0.25) is 4.79 Å². The molecule has 3 rings (SSSR count). The molecule has 1 heterocycles. The number of rotatable bonds is 5. The normalized spacial score (nSPS) is 10.8. The molecule has 0 spiro atoms. The SMILES string of the molecule is COC(=O)c1c(-c2cc(C)ccc2C)csc1NC(=O)/C=C/c1ccccc1. The summed E-state index contributed by atoms with van der Waals surface area (Å²) in [5.41, 5.74) is 5.17. The van der Waals surface area contributed by atoms with Gasteiger partial charge in [0.15, 0.2) is 0 Å². The predicted octanol–water partition coefficient (Wildman–Crippen LogP) is 5.47. The molecule has 5 heteroatoms. The lowest BCUT2D eigenvalue weighted by atomic mass is 9.97. The van der Waals surface area contributed by atoms with Crippen molar-refractivity contribution in [1.82, 2.24) is 0 Å². The van der Waals surface area contributed by atoms with E-state index in [-0.39, 0.29) is 5.91 Å². The summed E-state index contributed by atoms with van der Waals surface area (Å²) < 4.78 is 4.98. The number of methoxy groups -OCH3 is 1. The maximum Gasteiger partial charge on any atom is 0.341 e. The van der Waals surface area contributed by atoms with Crippen molar-refractivity contribution < 1.29 is 14.3 Å². The highest BCUT2D eigenvalue weighted by molar-refractivity contribution is 7.15. The molecule has 1 N–H and O–H groups in total. The minimum Gasteiger partial charge on any atom is -0.465 e. The molecule has 0 bridgehead atoms. The second kappa shape index (κ2) is 8.67. The van der Waals surface area contributed by atoms with E-state index in [0.717, 1.165) is 27.8 Å². The fraction of sp³-hybridized carbons (Fsp3) is 0.130. The summed E-state index contributed by atoms with van der Waals surface area (Å²) in [6.07, 6.45) is 3.18. The minimum absolute atomic E-state index is 0.302. The smallest absolute Gasteiger partial charge is 0.341 e. The second-order valence-electron chi connectivity index (χ2n) is 6.40. The topological polar surface area (TPSA) is 55.4 Å². The first-order valence-corrected chi connectivity index (χ1v) is 9.69. The molecule has 0 saturated carbocycles. The van der Waals surface area contributed by atoms with Crippen molar-refractivity contribution in [3.63, 3.8) is 0 Å². The number of nitrogens with one attached hydrogen (secondary N) is 1. The lowest BCUT2D eigenvalue weighted by Gasteiger charge is -2.09. The molecule has 0 radical (unpaired) electrons. The van der Waals surface area contributed by atoms with Crippen LogP contribution in [0.25, 0.3) is 17.2 Å². The van der Waals surface area contributed by atoms with Gasteiger partial charge in [-0.25, -0.2) is 4.79 Å². The highest BCUT2D eigenvalue weighted by atomic mass is 32.1. The van der Waals surface area contributed by atoms with Crippen molar-refractivity contribution in [2.75, 3.05) is 12.4 Å². The van der Waals surface area contributed by atoms with Crippen LogP contribution in [0.15, 0.2) is 60.0 Å². The molecule has 3 aromatic rings. The van der Waals surface area contributed by atoms with Crippen molar-refractivity contribution in [3.05, 3.63) is 82.2 Å². The minimum atomic E-state index is -0.473. The summed E-state index contributed by atoms with van der Waals surface area (Å²) in [6.45, 7) is 4.00. The lowest BCUT2D eigenvalue weighted by Crippen LogP contribution is -2.11. The van der Waals surface area contributed by atoms with Gasteiger partial charge in [0.2, 0.25) is 5.91 Å². The summed E-state index contributed by atoms with van der Waals surface area (Å²) in [5.74, 6) is -0.775. The molecule has 0 aliphatic heterocycles. The van der Waals surface area contributed by atoms with Gasteiger partial charge in [0, 0.05) is 17.0 Å². The van der Waals surface area contributed by atoms with Crippen LogP contribution < -0.4 is 5.32 Å².